The smallest absolute Gasteiger partial charge is 0.335 e. The zero-order valence-electron chi connectivity index (χ0n) is 25.2. The third kappa shape index (κ3) is 11.2. The van der Waals surface area contributed by atoms with Gasteiger partial charge in [0.05, 0.1) is 30.9 Å². The number of ether oxygens (including phenoxy) is 1. The number of hydrogen-bond donors (Lipinski definition) is 0. The minimum absolute atomic E-state index is 0.0585. The molecular weight excluding hydrogens is 609 g/mol. The van der Waals surface area contributed by atoms with Gasteiger partial charge in [-0.25, -0.2) is 13.2 Å². The Hall–Kier alpha value is -2.51. The van der Waals surface area contributed by atoms with Crippen molar-refractivity contribution in [1.82, 2.24) is 4.90 Å². The molecule has 0 aromatic heterocycles. The first kappa shape index (κ1) is 35.0. The minimum atomic E-state index is -3.37. The van der Waals surface area contributed by atoms with E-state index >= 15 is 0 Å². The molecule has 0 radical (unpaired) electrons. The van der Waals surface area contributed by atoms with Crippen molar-refractivity contribution in [2.75, 3.05) is 49.8 Å². The number of hydrogen-bond acceptors (Lipinski definition) is 11. The Balaban J connectivity index is 1.65. The topological polar surface area (TPSA) is 119 Å². The quantitative estimate of drug-likeness (QED) is 0.0792. The number of benzene rings is 2. The number of Topliss-reactive ketones (excluding diaryl/α,β-unsaturated/α-hetero) is 2. The van der Waals surface area contributed by atoms with Crippen molar-refractivity contribution in [3.05, 3.63) is 59.7 Å². The van der Waals surface area contributed by atoms with Crippen LogP contribution in [0.5, 0.6) is 0 Å². The molecule has 0 amide bonds. The molecule has 12 heteroatoms. The van der Waals surface area contributed by atoms with Gasteiger partial charge in [0.25, 0.3) is 0 Å². The highest BCUT2D eigenvalue weighted by Gasteiger charge is 2.35. The third-order valence-corrected chi connectivity index (χ3v) is 10.0. The van der Waals surface area contributed by atoms with E-state index < -0.39 is 27.1 Å². The lowest BCUT2D eigenvalue weighted by molar-refractivity contribution is -0.143. The Morgan fingerprint density at radius 1 is 0.930 bits per heavy atom. The molecule has 0 saturated carbocycles. The lowest BCUT2D eigenvalue weighted by Crippen LogP contribution is -2.54. The van der Waals surface area contributed by atoms with E-state index in [0.29, 0.717) is 30.1 Å². The fourth-order valence-electron chi connectivity index (χ4n) is 4.31. The molecule has 0 aliphatic carbocycles. The number of thioether (sulfide) groups is 1. The highest BCUT2D eigenvalue weighted by molar-refractivity contribution is 7.99. The van der Waals surface area contributed by atoms with Crippen LogP contribution in [0.4, 0.5) is 0 Å². The molecule has 234 valence electrons. The summed E-state index contributed by atoms with van der Waals surface area (Å²) in [6.45, 7) is 8.63. The number of carbonyl (C=O) groups is 3. The highest BCUT2D eigenvalue weighted by atomic mass is 32.2. The molecule has 1 fully saturated rings. The largest absolute Gasteiger partial charge is 0.379 e. The van der Waals surface area contributed by atoms with Gasteiger partial charge in [-0.1, -0.05) is 36.0 Å². The van der Waals surface area contributed by atoms with E-state index in [1.165, 1.54) is 11.8 Å². The number of nitrogens with zero attached hydrogens (tertiary/aromatic N) is 2. The Labute approximate surface area is 263 Å². The van der Waals surface area contributed by atoms with E-state index in [-0.39, 0.29) is 30.1 Å². The van der Waals surface area contributed by atoms with E-state index in [1.807, 2.05) is 38.1 Å². The lowest BCUT2D eigenvalue weighted by atomic mass is 9.91. The molecule has 9 nitrogen and oxygen atoms in total. The first-order valence-corrected chi connectivity index (χ1v) is 18.3. The highest BCUT2D eigenvalue weighted by Crippen LogP contribution is 2.29. The standard InChI is InChI=1S/C31H40N2O7S3/c1-5-20-41-21-14-28(34)40-32-27(15-22-43(4,37)38)29(35)23-6-10-25(11-7-23)42-26-12-8-24(9-13-26)30(36)31(2,3)33-16-18-39-19-17-33/h6-13H,5,14-22H2,1-4H3/b32-27+. The van der Waals surface area contributed by atoms with Crippen LogP contribution in [0, 0.1) is 0 Å². The van der Waals surface area contributed by atoms with Crippen molar-refractivity contribution in [3.63, 3.8) is 0 Å². The van der Waals surface area contributed by atoms with Crippen LogP contribution < -0.4 is 0 Å². The predicted molar refractivity (Wildman–Crippen MR) is 172 cm³/mol. The van der Waals surface area contributed by atoms with Crippen LogP contribution >= 0.6 is 23.5 Å². The molecule has 43 heavy (non-hydrogen) atoms. The van der Waals surface area contributed by atoms with Gasteiger partial charge in [-0.3, -0.25) is 14.5 Å². The molecule has 3 rings (SSSR count). The van der Waals surface area contributed by atoms with Crippen molar-refractivity contribution < 1.29 is 32.4 Å². The molecule has 0 atom stereocenters. The van der Waals surface area contributed by atoms with Gasteiger partial charge >= 0.3 is 5.97 Å². The molecule has 2 aromatic rings. The van der Waals surface area contributed by atoms with Crippen LogP contribution in [-0.4, -0.2) is 91.9 Å². The SMILES string of the molecule is CCCSCCC(=O)O/N=C(\CCS(C)(=O)=O)C(=O)c1ccc(Sc2ccc(C(=O)C(C)(C)N3CCOCC3)cc2)cc1. The van der Waals surface area contributed by atoms with Gasteiger partial charge in [-0.15, -0.1) is 0 Å². The number of ketones is 2. The number of carbonyl (C=O) groups excluding carboxylic acids is 3. The van der Waals surface area contributed by atoms with E-state index in [1.54, 1.807) is 36.0 Å². The van der Waals surface area contributed by atoms with E-state index in [0.717, 1.165) is 41.3 Å². The first-order chi connectivity index (χ1) is 20.4. The maximum Gasteiger partial charge on any atom is 0.335 e. The Morgan fingerprint density at radius 3 is 2.07 bits per heavy atom. The van der Waals surface area contributed by atoms with Crippen molar-refractivity contribution in [2.24, 2.45) is 5.16 Å². The van der Waals surface area contributed by atoms with Crippen molar-refractivity contribution in [2.45, 2.75) is 55.4 Å². The van der Waals surface area contributed by atoms with Crippen LogP contribution in [0.3, 0.4) is 0 Å². The number of rotatable bonds is 16. The number of sulfone groups is 1. The van der Waals surface area contributed by atoms with Gasteiger partial charge < -0.3 is 9.57 Å². The Kier molecular flexibility index (Phi) is 13.4. The maximum absolute atomic E-state index is 13.3. The van der Waals surface area contributed by atoms with Crippen molar-refractivity contribution >= 4 is 56.6 Å². The fourth-order valence-corrected chi connectivity index (χ4v) is 6.49. The summed E-state index contributed by atoms with van der Waals surface area (Å²) in [5.74, 6) is 0.207. The summed E-state index contributed by atoms with van der Waals surface area (Å²) in [4.78, 5) is 47.4. The summed E-state index contributed by atoms with van der Waals surface area (Å²) >= 11 is 3.11. The van der Waals surface area contributed by atoms with Crippen LogP contribution in [0.2, 0.25) is 0 Å². The lowest BCUT2D eigenvalue weighted by Gasteiger charge is -2.39. The molecule has 0 N–H and O–H groups in total. The Morgan fingerprint density at radius 2 is 1.51 bits per heavy atom. The van der Waals surface area contributed by atoms with E-state index in [4.69, 9.17) is 9.57 Å². The second kappa shape index (κ2) is 16.5. The van der Waals surface area contributed by atoms with Gasteiger partial charge in [-0.2, -0.15) is 11.8 Å². The average Bonchev–Trinajstić information content (AvgIpc) is 2.99. The van der Waals surface area contributed by atoms with Gasteiger partial charge in [0.1, 0.15) is 15.5 Å². The fraction of sp³-hybridized carbons (Fsp3) is 0.484. The van der Waals surface area contributed by atoms with Crippen molar-refractivity contribution in [3.8, 4) is 0 Å². The van der Waals surface area contributed by atoms with Crippen molar-refractivity contribution in [1.29, 1.82) is 0 Å². The second-order valence-electron chi connectivity index (χ2n) is 10.7. The zero-order chi connectivity index (χ0) is 31.5. The summed E-state index contributed by atoms with van der Waals surface area (Å²) in [7, 11) is -3.37. The molecule has 0 spiro atoms. The normalized spacial score (nSPS) is 14.8. The maximum atomic E-state index is 13.3. The third-order valence-electron chi connectivity index (χ3n) is 6.85. The molecule has 1 heterocycles. The predicted octanol–water partition coefficient (Wildman–Crippen LogP) is 5.18. The van der Waals surface area contributed by atoms with Crippen LogP contribution in [0.25, 0.3) is 0 Å². The molecule has 1 saturated heterocycles. The van der Waals surface area contributed by atoms with Crippen LogP contribution in [0.1, 0.15) is 60.7 Å². The Bertz CT molecular complexity index is 1380. The van der Waals surface area contributed by atoms with Crippen LogP contribution in [0.15, 0.2) is 63.5 Å². The second-order valence-corrected chi connectivity index (χ2v) is 15.3. The molecular formula is C31H40N2O7S3. The molecule has 0 bridgehead atoms. The van der Waals surface area contributed by atoms with Gasteiger partial charge in [-0.05, 0) is 62.4 Å². The van der Waals surface area contributed by atoms with Gasteiger partial charge in [0.15, 0.2) is 5.78 Å². The minimum Gasteiger partial charge on any atom is -0.379 e. The molecule has 1 aliphatic heterocycles. The first-order valence-electron chi connectivity index (χ1n) is 14.2. The summed E-state index contributed by atoms with van der Waals surface area (Å²) in [5.41, 5.74) is 0.192. The average molecular weight is 649 g/mol. The van der Waals surface area contributed by atoms with Gasteiger partial charge in [0, 0.05) is 52.4 Å². The molecule has 1 aliphatic rings. The molecule has 2 aromatic carbocycles. The van der Waals surface area contributed by atoms with E-state index in [9.17, 15) is 22.8 Å². The zero-order valence-corrected chi connectivity index (χ0v) is 27.6. The molecule has 0 unspecified atom stereocenters. The number of oxime groups is 1. The summed E-state index contributed by atoms with van der Waals surface area (Å²) in [6.07, 6.45) is 2.06. The number of morpholine rings is 1. The van der Waals surface area contributed by atoms with Crippen LogP contribution in [-0.2, 0) is 24.2 Å². The monoisotopic (exact) mass is 648 g/mol. The van der Waals surface area contributed by atoms with E-state index in [2.05, 4.69) is 17.0 Å². The van der Waals surface area contributed by atoms with Gasteiger partial charge in [0.2, 0.25) is 5.78 Å². The summed E-state index contributed by atoms with van der Waals surface area (Å²) in [5, 5.41) is 3.76. The summed E-state index contributed by atoms with van der Waals surface area (Å²) in [6, 6.07) is 14.3. The summed E-state index contributed by atoms with van der Waals surface area (Å²) < 4.78 is 28.9.